The van der Waals surface area contributed by atoms with Gasteiger partial charge in [0.05, 0.1) is 5.75 Å². The van der Waals surface area contributed by atoms with Crippen LogP contribution in [-0.4, -0.2) is 50.4 Å². The Kier molecular flexibility index (Phi) is 4.86. The zero-order valence-electron chi connectivity index (χ0n) is 17.3. The van der Waals surface area contributed by atoms with Gasteiger partial charge in [-0.15, -0.1) is 0 Å². The predicted octanol–water partition coefficient (Wildman–Crippen LogP) is 3.10. The molecule has 2 aliphatic carbocycles. The van der Waals surface area contributed by atoms with Gasteiger partial charge in [-0.3, -0.25) is 4.79 Å². The summed E-state index contributed by atoms with van der Waals surface area (Å²) in [5, 5.41) is 0. The fraction of sp³-hybridized carbons (Fsp3) is 0.682. The third-order valence-electron chi connectivity index (χ3n) is 7.91. The molecule has 1 heterocycles. The molecule has 3 aliphatic rings. The van der Waals surface area contributed by atoms with Crippen LogP contribution >= 0.6 is 0 Å². The Hall–Kier alpha value is -1.40. The molecule has 28 heavy (non-hydrogen) atoms. The molecule has 2 unspecified atom stereocenters. The molecule has 1 aromatic rings. The minimum atomic E-state index is -3.45. The number of fused-ring (bicyclic) bond motifs is 2. The Morgan fingerprint density at radius 1 is 1.07 bits per heavy atom. The van der Waals surface area contributed by atoms with E-state index < -0.39 is 15.4 Å². The summed E-state index contributed by atoms with van der Waals surface area (Å²) in [4.78, 5) is 15.0. The van der Waals surface area contributed by atoms with Crippen molar-refractivity contribution < 1.29 is 13.2 Å². The fourth-order valence-electron chi connectivity index (χ4n) is 5.68. The number of carbonyl (C=O) groups excluding carboxylic acids is 1. The number of aryl methyl sites for hydroxylation is 1. The highest BCUT2D eigenvalue weighted by Crippen LogP contribution is 2.64. The Morgan fingerprint density at radius 3 is 2.21 bits per heavy atom. The van der Waals surface area contributed by atoms with Crippen LogP contribution in [0.15, 0.2) is 24.3 Å². The number of ketones is 1. The molecule has 4 rings (SSSR count). The number of sulfonamides is 1. The van der Waals surface area contributed by atoms with E-state index in [9.17, 15) is 13.2 Å². The van der Waals surface area contributed by atoms with Crippen LogP contribution in [0.4, 0.5) is 5.69 Å². The number of rotatable bonds is 5. The average molecular weight is 405 g/mol. The summed E-state index contributed by atoms with van der Waals surface area (Å²) in [5.74, 6) is 0.512. The van der Waals surface area contributed by atoms with Crippen LogP contribution in [0.2, 0.25) is 0 Å². The van der Waals surface area contributed by atoms with Crippen molar-refractivity contribution in [1.82, 2.24) is 4.31 Å². The first-order valence-corrected chi connectivity index (χ1v) is 12.2. The third kappa shape index (κ3) is 3.00. The van der Waals surface area contributed by atoms with Crippen molar-refractivity contribution in [3.63, 3.8) is 0 Å². The van der Waals surface area contributed by atoms with E-state index in [1.54, 1.807) is 4.31 Å². The lowest BCUT2D eigenvalue weighted by molar-refractivity contribution is -0.128. The van der Waals surface area contributed by atoms with Crippen molar-refractivity contribution in [2.24, 2.45) is 16.7 Å². The molecule has 2 bridgehead atoms. The van der Waals surface area contributed by atoms with Crippen LogP contribution in [0, 0.1) is 16.7 Å². The Balaban J connectivity index is 1.44. The van der Waals surface area contributed by atoms with E-state index in [1.807, 2.05) is 0 Å². The van der Waals surface area contributed by atoms with Crippen molar-refractivity contribution in [2.75, 3.05) is 36.8 Å². The summed E-state index contributed by atoms with van der Waals surface area (Å²) in [7, 11) is -3.45. The fourth-order valence-corrected chi connectivity index (χ4v) is 7.88. The van der Waals surface area contributed by atoms with Gasteiger partial charge in [-0.25, -0.2) is 8.42 Å². The molecule has 5 nitrogen and oxygen atoms in total. The number of hydrogen-bond donors (Lipinski definition) is 0. The van der Waals surface area contributed by atoms with Crippen LogP contribution in [0.25, 0.3) is 0 Å². The van der Waals surface area contributed by atoms with Gasteiger partial charge in [0.2, 0.25) is 10.0 Å². The first kappa shape index (κ1) is 19.9. The maximum Gasteiger partial charge on any atom is 0.215 e. The minimum absolute atomic E-state index is 0.00642. The normalized spacial score (nSPS) is 30.2. The monoisotopic (exact) mass is 404 g/mol. The van der Waals surface area contributed by atoms with E-state index in [1.165, 1.54) is 5.56 Å². The molecule has 2 saturated carbocycles. The Morgan fingerprint density at radius 2 is 1.71 bits per heavy atom. The summed E-state index contributed by atoms with van der Waals surface area (Å²) in [6.07, 6.45) is 3.29. The molecule has 3 fully saturated rings. The van der Waals surface area contributed by atoms with E-state index in [0.717, 1.165) is 24.9 Å². The van der Waals surface area contributed by atoms with Crippen LogP contribution in [-0.2, 0) is 21.2 Å². The Bertz CT molecular complexity index is 854. The standard InChI is InChI=1S/C22H32N2O3S/c1-4-17-5-7-19(8-6-17)23-11-13-24(14-12-23)28(26,27)16-22-10-9-18(15-20(22)25)21(22,2)3/h5-8,18H,4,9-16H2,1-3H3. The van der Waals surface area contributed by atoms with Gasteiger partial charge >= 0.3 is 0 Å². The van der Waals surface area contributed by atoms with E-state index >= 15 is 0 Å². The molecule has 2 atom stereocenters. The highest BCUT2D eigenvalue weighted by Gasteiger charge is 2.65. The third-order valence-corrected chi connectivity index (χ3v) is 9.92. The number of hydrogen-bond acceptors (Lipinski definition) is 4. The molecule has 6 heteroatoms. The van der Waals surface area contributed by atoms with Crippen LogP contribution < -0.4 is 4.90 Å². The van der Waals surface area contributed by atoms with E-state index in [4.69, 9.17) is 0 Å². The first-order chi connectivity index (χ1) is 13.2. The topological polar surface area (TPSA) is 57.7 Å². The average Bonchev–Trinajstić information content (AvgIpc) is 3.02. The first-order valence-electron chi connectivity index (χ1n) is 10.5. The second-order valence-corrected chi connectivity index (χ2v) is 11.3. The summed E-state index contributed by atoms with van der Waals surface area (Å²) >= 11 is 0. The molecule has 1 saturated heterocycles. The van der Waals surface area contributed by atoms with Gasteiger partial charge in [0.15, 0.2) is 0 Å². The highest BCUT2D eigenvalue weighted by atomic mass is 32.2. The molecule has 0 spiro atoms. The summed E-state index contributed by atoms with van der Waals surface area (Å²) < 4.78 is 28.1. The molecule has 0 amide bonds. The van der Waals surface area contributed by atoms with Crippen LogP contribution in [0.5, 0.6) is 0 Å². The van der Waals surface area contributed by atoms with Gasteiger partial charge in [-0.2, -0.15) is 4.31 Å². The van der Waals surface area contributed by atoms with Crippen molar-refractivity contribution in [1.29, 1.82) is 0 Å². The number of Topliss-reactive ketones (excluding diaryl/α,β-unsaturated/α-hetero) is 1. The van der Waals surface area contributed by atoms with Gasteiger partial charge < -0.3 is 4.90 Å². The summed E-state index contributed by atoms with van der Waals surface area (Å²) in [5.41, 5.74) is 1.57. The van der Waals surface area contributed by atoms with Gasteiger partial charge in [-0.1, -0.05) is 32.9 Å². The number of carbonyl (C=O) groups is 1. The lowest BCUT2D eigenvalue weighted by atomic mass is 9.70. The molecule has 0 aromatic heterocycles. The second kappa shape index (κ2) is 6.84. The van der Waals surface area contributed by atoms with Gasteiger partial charge in [-0.05, 0) is 48.3 Å². The lowest BCUT2D eigenvalue weighted by Gasteiger charge is -2.40. The van der Waals surface area contributed by atoms with Crippen LogP contribution in [0.3, 0.4) is 0 Å². The SMILES string of the molecule is CCc1ccc(N2CCN(S(=O)(=O)CC34CCC(CC3=O)C4(C)C)CC2)cc1. The maximum atomic E-state index is 13.2. The number of nitrogens with zero attached hydrogens (tertiary/aromatic N) is 2. The Labute approximate surface area is 169 Å². The van der Waals surface area contributed by atoms with Gasteiger partial charge in [0, 0.05) is 43.7 Å². The van der Waals surface area contributed by atoms with E-state index in [0.29, 0.717) is 38.5 Å². The molecular weight excluding hydrogens is 372 g/mol. The quantitative estimate of drug-likeness (QED) is 0.757. The zero-order chi connectivity index (χ0) is 20.2. The van der Waals surface area contributed by atoms with Gasteiger partial charge in [0.1, 0.15) is 5.78 Å². The number of benzene rings is 1. The lowest BCUT2D eigenvalue weighted by Crippen LogP contribution is -2.52. The second-order valence-electron chi connectivity index (χ2n) is 9.33. The van der Waals surface area contributed by atoms with Crippen molar-refractivity contribution in [3.8, 4) is 0 Å². The molecule has 154 valence electrons. The molecular formula is C22H32N2O3S. The van der Waals surface area contributed by atoms with Crippen molar-refractivity contribution >= 4 is 21.5 Å². The zero-order valence-corrected chi connectivity index (χ0v) is 18.1. The molecule has 0 N–H and O–H groups in total. The molecule has 1 aromatic carbocycles. The van der Waals surface area contributed by atoms with Crippen molar-refractivity contribution in [3.05, 3.63) is 29.8 Å². The minimum Gasteiger partial charge on any atom is -0.369 e. The van der Waals surface area contributed by atoms with E-state index in [-0.39, 0.29) is 17.0 Å². The number of anilines is 1. The smallest absolute Gasteiger partial charge is 0.215 e. The molecule has 0 radical (unpaired) electrons. The maximum absolute atomic E-state index is 13.2. The van der Waals surface area contributed by atoms with Crippen molar-refractivity contribution in [2.45, 2.75) is 46.5 Å². The van der Waals surface area contributed by atoms with E-state index in [2.05, 4.69) is 49.9 Å². The highest BCUT2D eigenvalue weighted by molar-refractivity contribution is 7.89. The van der Waals surface area contributed by atoms with Gasteiger partial charge in [0.25, 0.3) is 0 Å². The predicted molar refractivity (Wildman–Crippen MR) is 112 cm³/mol. The largest absolute Gasteiger partial charge is 0.369 e. The number of piperazine rings is 1. The summed E-state index contributed by atoms with van der Waals surface area (Å²) in [6, 6.07) is 8.53. The van der Waals surface area contributed by atoms with Crippen LogP contribution in [0.1, 0.15) is 45.6 Å². The summed E-state index contributed by atoms with van der Waals surface area (Å²) in [6.45, 7) is 8.71. The molecule has 1 aliphatic heterocycles.